The zero-order chi connectivity index (χ0) is 24.5. The molecule has 9 heteroatoms. The molecule has 1 atom stereocenters. The second-order valence-corrected chi connectivity index (χ2v) is 10.4. The number of thiazole rings is 1. The van der Waals surface area contributed by atoms with Crippen LogP contribution in [0, 0.1) is 11.8 Å². The molecule has 0 aliphatic heterocycles. The number of aliphatic carboxylic acids is 1. The van der Waals surface area contributed by atoms with Crippen molar-refractivity contribution in [3.05, 3.63) is 71.6 Å². The molecule has 3 heterocycles. The molecule has 0 radical (unpaired) electrons. The van der Waals surface area contributed by atoms with Crippen molar-refractivity contribution in [2.75, 3.05) is 5.32 Å². The zero-order valence-electron chi connectivity index (χ0n) is 19.3. The van der Waals surface area contributed by atoms with Crippen molar-refractivity contribution in [3.63, 3.8) is 0 Å². The molecule has 0 aliphatic rings. The summed E-state index contributed by atoms with van der Waals surface area (Å²) in [6.45, 7) is 4.06. The molecule has 0 amide bonds. The normalized spacial score (nSPS) is 12.5. The minimum absolute atomic E-state index is 0.299. The molecule has 0 saturated carbocycles. The number of hydrogen-bond donors (Lipinski definition) is 2. The van der Waals surface area contributed by atoms with Crippen LogP contribution in [0.4, 0.5) is 10.8 Å². The number of nitrogens with one attached hydrogen (secondary N) is 1. The predicted molar refractivity (Wildman–Crippen MR) is 141 cm³/mol. The van der Waals surface area contributed by atoms with Gasteiger partial charge >= 0.3 is 5.97 Å². The maximum absolute atomic E-state index is 11.7. The van der Waals surface area contributed by atoms with Crippen LogP contribution in [-0.2, 0) is 11.2 Å². The molecule has 35 heavy (non-hydrogen) atoms. The highest BCUT2D eigenvalue weighted by molar-refractivity contribution is 7.22. The topological polar surface area (TPSA) is 92.4 Å². The van der Waals surface area contributed by atoms with E-state index in [1.54, 1.807) is 11.3 Å². The van der Waals surface area contributed by atoms with E-state index in [1.807, 2.05) is 79.0 Å². The van der Waals surface area contributed by atoms with E-state index in [0.717, 1.165) is 32.2 Å². The van der Waals surface area contributed by atoms with Crippen LogP contribution in [0.25, 0.3) is 27.0 Å². The fourth-order valence-corrected chi connectivity index (χ4v) is 5.30. The van der Waals surface area contributed by atoms with E-state index in [4.69, 9.17) is 11.6 Å². The Morgan fingerprint density at radius 2 is 1.89 bits per heavy atom. The molecule has 7 nitrogen and oxygen atoms in total. The van der Waals surface area contributed by atoms with Crippen LogP contribution >= 0.6 is 22.9 Å². The number of carbonyl (C=O) groups is 1. The number of rotatable bonds is 8. The van der Waals surface area contributed by atoms with Crippen molar-refractivity contribution >= 4 is 55.6 Å². The third-order valence-electron chi connectivity index (χ3n) is 5.83. The first-order chi connectivity index (χ1) is 16.9. The number of anilines is 2. The Labute approximate surface area is 211 Å². The van der Waals surface area contributed by atoms with Crippen molar-refractivity contribution in [2.45, 2.75) is 26.7 Å². The highest BCUT2D eigenvalue weighted by atomic mass is 35.5. The van der Waals surface area contributed by atoms with Gasteiger partial charge in [-0.15, -0.1) is 10.2 Å². The van der Waals surface area contributed by atoms with E-state index < -0.39 is 11.9 Å². The number of nitrogens with zero attached hydrogens (tertiary/aromatic N) is 4. The Hall–Kier alpha value is -3.49. The molecule has 0 saturated heterocycles. The number of aromatic nitrogens is 4. The van der Waals surface area contributed by atoms with Gasteiger partial charge in [0.2, 0.25) is 0 Å². The number of halogens is 1. The van der Waals surface area contributed by atoms with E-state index >= 15 is 0 Å². The first kappa shape index (κ1) is 23.3. The highest BCUT2D eigenvalue weighted by Crippen LogP contribution is 2.31. The smallest absolute Gasteiger partial charge is 0.306 e. The largest absolute Gasteiger partial charge is 0.481 e. The van der Waals surface area contributed by atoms with Crippen molar-refractivity contribution in [3.8, 4) is 11.1 Å². The molecular weight excluding hydrogens is 482 g/mol. The molecular formula is C26H24ClN5O2S. The third-order valence-corrected chi connectivity index (χ3v) is 7.00. The molecule has 3 aromatic heterocycles. The molecule has 5 rings (SSSR count). The molecule has 2 aromatic carbocycles. The van der Waals surface area contributed by atoms with Gasteiger partial charge in [-0.1, -0.05) is 48.9 Å². The van der Waals surface area contributed by atoms with Crippen LogP contribution in [0.3, 0.4) is 0 Å². The molecule has 5 aromatic rings. The van der Waals surface area contributed by atoms with Crippen molar-refractivity contribution in [1.29, 1.82) is 0 Å². The van der Waals surface area contributed by atoms with Crippen LogP contribution in [0.15, 0.2) is 60.8 Å². The molecule has 1 unspecified atom stereocenters. The number of carboxylic acid groups (broad SMARTS) is 1. The van der Waals surface area contributed by atoms with Gasteiger partial charge in [0, 0.05) is 23.3 Å². The summed E-state index contributed by atoms with van der Waals surface area (Å²) in [4.78, 5) is 16.3. The Kier molecular flexibility index (Phi) is 6.40. The minimum atomic E-state index is -0.796. The van der Waals surface area contributed by atoms with Gasteiger partial charge in [0.1, 0.15) is 5.82 Å². The van der Waals surface area contributed by atoms with E-state index in [2.05, 4.69) is 20.5 Å². The van der Waals surface area contributed by atoms with Gasteiger partial charge in [0.15, 0.2) is 10.8 Å². The second-order valence-electron chi connectivity index (χ2n) is 8.96. The Morgan fingerprint density at radius 1 is 1.09 bits per heavy atom. The highest BCUT2D eigenvalue weighted by Gasteiger charge is 2.22. The monoisotopic (exact) mass is 505 g/mol. The predicted octanol–water partition coefficient (Wildman–Crippen LogP) is 6.69. The van der Waals surface area contributed by atoms with Gasteiger partial charge in [-0.05, 0) is 65.9 Å². The van der Waals surface area contributed by atoms with Gasteiger partial charge in [-0.2, -0.15) is 0 Å². The van der Waals surface area contributed by atoms with E-state index in [9.17, 15) is 9.90 Å². The average Bonchev–Trinajstić information content (AvgIpc) is 3.41. The van der Waals surface area contributed by atoms with Gasteiger partial charge in [0.25, 0.3) is 0 Å². The molecule has 0 fully saturated rings. The molecule has 178 valence electrons. The average molecular weight is 506 g/mol. The number of pyridine rings is 1. The lowest BCUT2D eigenvalue weighted by Gasteiger charge is -2.13. The maximum Gasteiger partial charge on any atom is 0.306 e. The minimum Gasteiger partial charge on any atom is -0.481 e. The summed E-state index contributed by atoms with van der Waals surface area (Å²) in [6.07, 6.45) is 2.87. The quantitative estimate of drug-likeness (QED) is 0.244. The molecule has 2 N–H and O–H groups in total. The van der Waals surface area contributed by atoms with Crippen LogP contribution in [0.1, 0.15) is 26.1 Å². The summed E-state index contributed by atoms with van der Waals surface area (Å²) < 4.78 is 2.91. The van der Waals surface area contributed by atoms with Crippen molar-refractivity contribution < 1.29 is 9.90 Å². The van der Waals surface area contributed by atoms with E-state index in [0.29, 0.717) is 35.3 Å². The lowest BCUT2D eigenvalue weighted by molar-refractivity contribution is -0.142. The summed E-state index contributed by atoms with van der Waals surface area (Å²) in [6, 6.07) is 17.7. The lowest BCUT2D eigenvalue weighted by atomic mass is 9.94. The van der Waals surface area contributed by atoms with Crippen molar-refractivity contribution in [2.24, 2.45) is 11.8 Å². The van der Waals surface area contributed by atoms with Crippen LogP contribution in [-0.4, -0.2) is 30.7 Å². The Morgan fingerprint density at radius 3 is 2.63 bits per heavy atom. The van der Waals surface area contributed by atoms with Crippen LogP contribution in [0.5, 0.6) is 0 Å². The fourth-order valence-electron chi connectivity index (χ4n) is 4.14. The van der Waals surface area contributed by atoms with Crippen LogP contribution < -0.4 is 5.32 Å². The number of fused-ring (bicyclic) bond motifs is 2. The lowest BCUT2D eigenvalue weighted by Crippen LogP contribution is -2.19. The summed E-state index contributed by atoms with van der Waals surface area (Å²) in [5.41, 5.74) is 4.60. The zero-order valence-corrected chi connectivity index (χ0v) is 20.8. The second kappa shape index (κ2) is 9.64. The standard InChI is InChI=1S/C26H24ClN5O2S/c1-15(2)11-18(25(33)34)13-24-31-30-23-12-17(9-10-32(23)24)16-3-6-20(7-4-16)28-26-29-21-8-5-19(27)14-22(21)35-26/h3-10,12,14-15,18H,11,13H2,1-2H3,(H,28,29)(H,33,34). The summed E-state index contributed by atoms with van der Waals surface area (Å²) in [7, 11) is 0. The Bertz CT molecular complexity index is 1510. The third kappa shape index (κ3) is 5.13. The Balaban J connectivity index is 1.33. The number of carboxylic acids is 1. The molecule has 0 aliphatic carbocycles. The number of hydrogen-bond acceptors (Lipinski definition) is 6. The van der Waals surface area contributed by atoms with Crippen molar-refractivity contribution in [1.82, 2.24) is 19.6 Å². The van der Waals surface area contributed by atoms with E-state index in [1.165, 1.54) is 0 Å². The maximum atomic E-state index is 11.7. The first-order valence-electron chi connectivity index (χ1n) is 11.4. The molecule has 0 spiro atoms. The van der Waals surface area contributed by atoms with Gasteiger partial charge < -0.3 is 10.4 Å². The first-order valence-corrected chi connectivity index (χ1v) is 12.5. The van der Waals surface area contributed by atoms with Gasteiger partial charge in [-0.3, -0.25) is 9.20 Å². The summed E-state index contributed by atoms with van der Waals surface area (Å²) >= 11 is 7.64. The van der Waals surface area contributed by atoms with Crippen LogP contribution in [0.2, 0.25) is 5.02 Å². The summed E-state index contributed by atoms with van der Waals surface area (Å²) in [5, 5.41) is 23.0. The van der Waals surface area contributed by atoms with Gasteiger partial charge in [-0.25, -0.2) is 4.98 Å². The van der Waals surface area contributed by atoms with E-state index in [-0.39, 0.29) is 0 Å². The summed E-state index contributed by atoms with van der Waals surface area (Å²) in [5.74, 6) is -0.311. The fraction of sp³-hybridized carbons (Fsp3) is 0.231. The number of benzene rings is 2. The molecule has 0 bridgehead atoms. The SMILES string of the molecule is CC(C)CC(Cc1nnc2cc(-c3ccc(Nc4nc5ccc(Cl)cc5s4)cc3)ccn12)C(=O)O. The van der Waals surface area contributed by atoms with Gasteiger partial charge in [0.05, 0.1) is 16.1 Å².